The first-order chi connectivity index (χ1) is 20.8. The van der Waals surface area contributed by atoms with Gasteiger partial charge in [0.15, 0.2) is 0 Å². The fraction of sp³-hybridized carbons (Fsp3) is 0.643. The molecule has 240 valence electrons. The van der Waals surface area contributed by atoms with E-state index in [1.807, 2.05) is 0 Å². The average Bonchev–Trinajstić information content (AvgIpc) is 2.97. The molecular formula is C28H49N11O4. The molecule has 43 heavy (non-hydrogen) atoms. The highest BCUT2D eigenvalue weighted by molar-refractivity contribution is 5.92. The second-order valence-electron chi connectivity index (χ2n) is 10.2. The van der Waals surface area contributed by atoms with Crippen LogP contribution in [0.2, 0.25) is 0 Å². The Hall–Kier alpha value is -3.75. The van der Waals surface area contributed by atoms with E-state index in [2.05, 4.69) is 36.6 Å². The lowest BCUT2D eigenvalue weighted by atomic mass is 10.1. The van der Waals surface area contributed by atoms with Crippen molar-refractivity contribution in [2.45, 2.75) is 69.9 Å². The largest absolute Gasteiger partial charge is 0.370 e. The summed E-state index contributed by atoms with van der Waals surface area (Å²) in [6.45, 7) is 4.94. The minimum atomic E-state index is -1.06. The molecule has 0 heterocycles. The molecule has 1 aromatic rings. The molecule has 0 aliphatic carbocycles. The van der Waals surface area contributed by atoms with Crippen LogP contribution >= 0.6 is 0 Å². The standard InChI is InChI=1S/C28H49N11O4/c29-12-2-1-7-23(30)27(42)35-18-6-16-34-15-5-14-33-13-3-4-17-36-28(43)24(20-25(31)40)37-26(41)19-21-8-10-22(11-9-21)38-39-32/h8-11,23-24,33-34H,1-7,12-20,29-30H2,(H2,31,40)(H,35,42)(H,36,43)(H,37,41)/t23-,24-/m0/s1. The summed E-state index contributed by atoms with van der Waals surface area (Å²) in [5.41, 5.74) is 26.1. The van der Waals surface area contributed by atoms with Crippen molar-refractivity contribution in [2.24, 2.45) is 22.3 Å². The number of nitrogens with two attached hydrogens (primary N) is 3. The van der Waals surface area contributed by atoms with Crippen LogP contribution in [0, 0.1) is 0 Å². The maximum Gasteiger partial charge on any atom is 0.243 e. The lowest BCUT2D eigenvalue weighted by Gasteiger charge is -2.17. The molecule has 1 rings (SSSR count). The van der Waals surface area contributed by atoms with Crippen LogP contribution in [-0.2, 0) is 25.6 Å². The third-order valence-corrected chi connectivity index (χ3v) is 6.44. The Kier molecular flexibility index (Phi) is 20.6. The molecule has 0 spiro atoms. The van der Waals surface area contributed by atoms with Crippen molar-refractivity contribution in [1.29, 1.82) is 0 Å². The van der Waals surface area contributed by atoms with Crippen molar-refractivity contribution in [1.82, 2.24) is 26.6 Å². The Labute approximate surface area is 253 Å². The van der Waals surface area contributed by atoms with Crippen molar-refractivity contribution in [3.8, 4) is 0 Å². The highest BCUT2D eigenvalue weighted by Gasteiger charge is 2.22. The van der Waals surface area contributed by atoms with E-state index in [0.29, 0.717) is 37.3 Å². The number of unbranched alkanes of at least 4 members (excludes halogenated alkanes) is 2. The van der Waals surface area contributed by atoms with Crippen LogP contribution in [0.1, 0.15) is 56.9 Å². The fourth-order valence-corrected chi connectivity index (χ4v) is 4.07. The van der Waals surface area contributed by atoms with E-state index in [0.717, 1.165) is 64.7 Å². The number of azide groups is 1. The van der Waals surface area contributed by atoms with Gasteiger partial charge in [0.05, 0.1) is 18.9 Å². The third-order valence-electron chi connectivity index (χ3n) is 6.44. The SMILES string of the molecule is [N-]=[N+]=Nc1ccc(CC(=O)N[C@@H](CC(N)=O)C(=O)NCCCCNCCCNCCCNC(=O)[C@@H](N)CCCCN)cc1. The van der Waals surface area contributed by atoms with Crippen LogP contribution in [0.15, 0.2) is 29.4 Å². The zero-order chi connectivity index (χ0) is 31.7. The number of rotatable bonds is 25. The molecule has 4 amide bonds. The van der Waals surface area contributed by atoms with Gasteiger partial charge >= 0.3 is 0 Å². The number of nitrogens with one attached hydrogen (secondary N) is 5. The van der Waals surface area contributed by atoms with Crippen LogP contribution in [0.4, 0.5) is 5.69 Å². The topological polar surface area (TPSA) is 255 Å². The number of hydrogen-bond acceptors (Lipinski definition) is 9. The van der Waals surface area contributed by atoms with E-state index >= 15 is 0 Å². The van der Waals surface area contributed by atoms with Crippen LogP contribution in [0.25, 0.3) is 10.4 Å². The summed E-state index contributed by atoms with van der Waals surface area (Å²) in [5, 5.41) is 18.4. The van der Waals surface area contributed by atoms with Crippen LogP contribution < -0.4 is 43.8 Å². The molecule has 0 saturated carbocycles. The molecule has 0 radical (unpaired) electrons. The molecule has 2 atom stereocenters. The van der Waals surface area contributed by atoms with Gasteiger partial charge in [-0.05, 0) is 82.3 Å². The van der Waals surface area contributed by atoms with Crippen molar-refractivity contribution < 1.29 is 19.2 Å². The highest BCUT2D eigenvalue weighted by Crippen LogP contribution is 2.13. The predicted octanol–water partition coefficient (Wildman–Crippen LogP) is -0.0406. The second-order valence-corrected chi connectivity index (χ2v) is 10.2. The number of amides is 4. The zero-order valence-corrected chi connectivity index (χ0v) is 25.0. The summed E-state index contributed by atoms with van der Waals surface area (Å²) in [6, 6.07) is 4.93. The summed E-state index contributed by atoms with van der Waals surface area (Å²) in [7, 11) is 0. The summed E-state index contributed by atoms with van der Waals surface area (Å²) in [5.74, 6) is -1.70. The lowest BCUT2D eigenvalue weighted by Crippen LogP contribution is -2.49. The van der Waals surface area contributed by atoms with Crippen molar-refractivity contribution in [2.75, 3.05) is 45.8 Å². The van der Waals surface area contributed by atoms with Gasteiger partial charge in [0, 0.05) is 23.7 Å². The summed E-state index contributed by atoms with van der Waals surface area (Å²) < 4.78 is 0. The maximum atomic E-state index is 12.6. The molecule has 0 aromatic heterocycles. The van der Waals surface area contributed by atoms with Gasteiger partial charge in [0.25, 0.3) is 0 Å². The quantitative estimate of drug-likeness (QED) is 0.0325. The molecule has 11 N–H and O–H groups in total. The Morgan fingerprint density at radius 1 is 0.814 bits per heavy atom. The third kappa shape index (κ3) is 19.1. The van der Waals surface area contributed by atoms with E-state index in [-0.39, 0.29) is 18.7 Å². The minimum Gasteiger partial charge on any atom is -0.370 e. The Balaban J connectivity index is 2.10. The smallest absolute Gasteiger partial charge is 0.243 e. The molecule has 0 fully saturated rings. The minimum absolute atomic E-state index is 0.00998. The van der Waals surface area contributed by atoms with E-state index < -0.39 is 29.8 Å². The Bertz CT molecular complexity index is 1020. The monoisotopic (exact) mass is 603 g/mol. The van der Waals surface area contributed by atoms with Gasteiger partial charge in [0.1, 0.15) is 6.04 Å². The lowest BCUT2D eigenvalue weighted by molar-refractivity contribution is -0.131. The number of benzene rings is 1. The first-order valence-corrected chi connectivity index (χ1v) is 14.9. The predicted molar refractivity (Wildman–Crippen MR) is 166 cm³/mol. The highest BCUT2D eigenvalue weighted by atomic mass is 16.2. The maximum absolute atomic E-state index is 12.6. The van der Waals surface area contributed by atoms with Gasteiger partial charge < -0.3 is 43.8 Å². The van der Waals surface area contributed by atoms with E-state index in [4.69, 9.17) is 22.7 Å². The molecule has 0 bridgehead atoms. The van der Waals surface area contributed by atoms with Gasteiger partial charge in [-0.3, -0.25) is 19.2 Å². The number of primary amides is 1. The Morgan fingerprint density at radius 3 is 2.02 bits per heavy atom. The van der Waals surface area contributed by atoms with Gasteiger partial charge in [0.2, 0.25) is 23.6 Å². The molecule has 0 aliphatic heterocycles. The van der Waals surface area contributed by atoms with Crippen LogP contribution in [0.5, 0.6) is 0 Å². The van der Waals surface area contributed by atoms with Crippen LogP contribution in [-0.4, -0.2) is 81.5 Å². The number of nitrogens with zero attached hydrogens (tertiary/aromatic N) is 3. The fourth-order valence-electron chi connectivity index (χ4n) is 4.07. The molecular weight excluding hydrogens is 554 g/mol. The normalized spacial score (nSPS) is 12.0. The number of hydrogen-bond donors (Lipinski definition) is 8. The molecule has 0 aliphatic rings. The van der Waals surface area contributed by atoms with Gasteiger partial charge in [-0.2, -0.15) is 0 Å². The molecule has 1 aromatic carbocycles. The molecule has 0 saturated heterocycles. The Morgan fingerprint density at radius 2 is 1.40 bits per heavy atom. The number of carbonyl (C=O) groups excluding carboxylic acids is 4. The van der Waals surface area contributed by atoms with Gasteiger partial charge in [-0.1, -0.05) is 35.8 Å². The van der Waals surface area contributed by atoms with Crippen molar-refractivity contribution in [3.05, 3.63) is 40.3 Å². The summed E-state index contributed by atoms with van der Waals surface area (Å²) in [4.78, 5) is 51.0. The number of carbonyl (C=O) groups is 4. The first-order valence-electron chi connectivity index (χ1n) is 14.9. The van der Waals surface area contributed by atoms with Crippen LogP contribution in [0.3, 0.4) is 0 Å². The summed E-state index contributed by atoms with van der Waals surface area (Å²) in [6.07, 6.45) is 5.45. The van der Waals surface area contributed by atoms with Crippen molar-refractivity contribution in [3.63, 3.8) is 0 Å². The molecule has 0 unspecified atom stereocenters. The van der Waals surface area contributed by atoms with E-state index in [1.54, 1.807) is 24.3 Å². The average molecular weight is 604 g/mol. The summed E-state index contributed by atoms with van der Waals surface area (Å²) >= 11 is 0. The van der Waals surface area contributed by atoms with E-state index in [1.165, 1.54) is 0 Å². The zero-order valence-electron chi connectivity index (χ0n) is 25.0. The van der Waals surface area contributed by atoms with Crippen molar-refractivity contribution >= 4 is 29.3 Å². The van der Waals surface area contributed by atoms with Gasteiger partial charge in [-0.25, -0.2) is 0 Å². The van der Waals surface area contributed by atoms with E-state index in [9.17, 15) is 19.2 Å². The van der Waals surface area contributed by atoms with Gasteiger partial charge in [-0.15, -0.1) is 0 Å². The second kappa shape index (κ2) is 23.8. The molecule has 15 nitrogen and oxygen atoms in total. The first kappa shape index (κ1) is 37.3. The molecule has 15 heteroatoms.